The highest BCUT2D eigenvalue weighted by Crippen LogP contribution is 2.15. The smallest absolute Gasteiger partial charge is 0.269 e. The van der Waals surface area contributed by atoms with Gasteiger partial charge in [-0.1, -0.05) is 0 Å². The average molecular weight is 262 g/mol. The standard InChI is InChI=1S/C12H18N6O/c13-12(19)10-1-2-11(16-15-10)18-5-3-17(4-6-18)9-7-14-8-9/h1-2,9,14H,3-8H2,(H2,13,19). The van der Waals surface area contributed by atoms with E-state index in [0.717, 1.165) is 45.1 Å². The Morgan fingerprint density at radius 1 is 1.21 bits per heavy atom. The first kappa shape index (κ1) is 12.3. The van der Waals surface area contributed by atoms with Crippen LogP contribution >= 0.6 is 0 Å². The third-order valence-electron chi connectivity index (χ3n) is 3.82. The Bertz CT molecular complexity index is 450. The first-order valence-corrected chi connectivity index (χ1v) is 6.57. The first-order chi connectivity index (χ1) is 9.24. The van der Waals surface area contributed by atoms with E-state index in [-0.39, 0.29) is 5.69 Å². The fourth-order valence-electron chi connectivity index (χ4n) is 2.47. The van der Waals surface area contributed by atoms with E-state index in [1.165, 1.54) is 0 Å². The Morgan fingerprint density at radius 2 is 1.95 bits per heavy atom. The minimum atomic E-state index is -0.540. The Balaban J connectivity index is 1.59. The Morgan fingerprint density at radius 3 is 2.42 bits per heavy atom. The van der Waals surface area contributed by atoms with Gasteiger partial charge < -0.3 is 16.0 Å². The van der Waals surface area contributed by atoms with Crippen LogP contribution in [0.3, 0.4) is 0 Å². The molecule has 2 fully saturated rings. The first-order valence-electron chi connectivity index (χ1n) is 6.57. The molecule has 0 aromatic carbocycles. The zero-order valence-corrected chi connectivity index (χ0v) is 10.7. The molecule has 2 aliphatic rings. The van der Waals surface area contributed by atoms with Crippen molar-refractivity contribution in [2.75, 3.05) is 44.2 Å². The molecule has 0 saturated carbocycles. The minimum absolute atomic E-state index is 0.211. The third kappa shape index (κ3) is 2.52. The number of rotatable bonds is 3. The normalized spacial score (nSPS) is 21.2. The number of anilines is 1. The van der Waals surface area contributed by atoms with Gasteiger partial charge in [0.25, 0.3) is 5.91 Å². The third-order valence-corrected chi connectivity index (χ3v) is 3.82. The Labute approximate surface area is 111 Å². The number of amides is 1. The Hall–Kier alpha value is -1.73. The maximum atomic E-state index is 10.9. The summed E-state index contributed by atoms with van der Waals surface area (Å²) < 4.78 is 0. The van der Waals surface area contributed by atoms with Gasteiger partial charge in [0.15, 0.2) is 11.5 Å². The molecular formula is C12H18N6O. The molecule has 1 aromatic heterocycles. The molecule has 19 heavy (non-hydrogen) atoms. The number of nitrogens with one attached hydrogen (secondary N) is 1. The number of carbonyl (C=O) groups is 1. The van der Waals surface area contributed by atoms with E-state index in [0.29, 0.717) is 6.04 Å². The van der Waals surface area contributed by atoms with E-state index in [1.54, 1.807) is 6.07 Å². The van der Waals surface area contributed by atoms with Gasteiger partial charge >= 0.3 is 0 Å². The zero-order valence-electron chi connectivity index (χ0n) is 10.7. The van der Waals surface area contributed by atoms with Crippen molar-refractivity contribution < 1.29 is 4.79 Å². The van der Waals surface area contributed by atoms with Crippen molar-refractivity contribution in [3.05, 3.63) is 17.8 Å². The zero-order chi connectivity index (χ0) is 13.2. The lowest BCUT2D eigenvalue weighted by atomic mass is 10.1. The highest BCUT2D eigenvalue weighted by molar-refractivity contribution is 5.90. The predicted molar refractivity (Wildman–Crippen MR) is 71.0 cm³/mol. The van der Waals surface area contributed by atoms with Gasteiger partial charge in [0.05, 0.1) is 0 Å². The SMILES string of the molecule is NC(=O)c1ccc(N2CCN(C3CNC3)CC2)nn1. The summed E-state index contributed by atoms with van der Waals surface area (Å²) in [6.07, 6.45) is 0. The van der Waals surface area contributed by atoms with Crippen molar-refractivity contribution in [1.82, 2.24) is 20.4 Å². The molecule has 0 spiro atoms. The quantitative estimate of drug-likeness (QED) is 0.702. The summed E-state index contributed by atoms with van der Waals surface area (Å²) in [6.45, 7) is 6.19. The van der Waals surface area contributed by atoms with Crippen LogP contribution < -0.4 is 16.0 Å². The molecule has 0 aliphatic carbocycles. The summed E-state index contributed by atoms with van der Waals surface area (Å²) >= 11 is 0. The number of hydrogen-bond donors (Lipinski definition) is 2. The van der Waals surface area contributed by atoms with Crippen LogP contribution in [0.15, 0.2) is 12.1 Å². The average Bonchev–Trinajstić information content (AvgIpc) is 2.38. The molecule has 7 heteroatoms. The molecule has 3 rings (SSSR count). The molecule has 102 valence electrons. The van der Waals surface area contributed by atoms with Crippen LogP contribution in [0.5, 0.6) is 0 Å². The summed E-state index contributed by atoms with van der Waals surface area (Å²) in [7, 11) is 0. The lowest BCUT2D eigenvalue weighted by molar-refractivity contribution is 0.0994. The molecule has 2 aliphatic heterocycles. The number of aromatic nitrogens is 2. The molecule has 1 amide bonds. The summed E-state index contributed by atoms with van der Waals surface area (Å²) in [5.74, 6) is 0.276. The van der Waals surface area contributed by atoms with Gasteiger partial charge in [-0.3, -0.25) is 9.69 Å². The Kier molecular flexibility index (Phi) is 3.31. The maximum absolute atomic E-state index is 10.9. The van der Waals surface area contributed by atoms with Crippen LogP contribution in [-0.4, -0.2) is 66.3 Å². The van der Waals surface area contributed by atoms with Gasteiger partial charge in [-0.2, -0.15) is 0 Å². The van der Waals surface area contributed by atoms with Crippen molar-refractivity contribution in [3.8, 4) is 0 Å². The van der Waals surface area contributed by atoms with E-state index in [9.17, 15) is 4.79 Å². The fourth-order valence-corrected chi connectivity index (χ4v) is 2.47. The monoisotopic (exact) mass is 262 g/mol. The number of nitrogens with two attached hydrogens (primary N) is 1. The fraction of sp³-hybridized carbons (Fsp3) is 0.583. The van der Waals surface area contributed by atoms with E-state index >= 15 is 0 Å². The van der Waals surface area contributed by atoms with Crippen LogP contribution in [0, 0.1) is 0 Å². The molecule has 3 N–H and O–H groups in total. The topological polar surface area (TPSA) is 87.4 Å². The van der Waals surface area contributed by atoms with Crippen LogP contribution in [-0.2, 0) is 0 Å². The van der Waals surface area contributed by atoms with Crippen LogP contribution in [0.1, 0.15) is 10.5 Å². The highest BCUT2D eigenvalue weighted by Gasteiger charge is 2.28. The molecule has 0 bridgehead atoms. The van der Waals surface area contributed by atoms with Gasteiger partial charge in [0.1, 0.15) is 0 Å². The van der Waals surface area contributed by atoms with Crippen molar-refractivity contribution in [2.24, 2.45) is 5.73 Å². The van der Waals surface area contributed by atoms with Crippen molar-refractivity contribution in [2.45, 2.75) is 6.04 Å². The molecule has 0 unspecified atom stereocenters. The van der Waals surface area contributed by atoms with Gasteiger partial charge in [0.2, 0.25) is 0 Å². The van der Waals surface area contributed by atoms with Crippen LogP contribution in [0.4, 0.5) is 5.82 Å². The second-order valence-electron chi connectivity index (χ2n) is 4.98. The van der Waals surface area contributed by atoms with Gasteiger partial charge in [-0.15, -0.1) is 10.2 Å². The summed E-state index contributed by atoms with van der Waals surface area (Å²) in [5, 5.41) is 11.2. The van der Waals surface area contributed by atoms with E-state index in [1.807, 2.05) is 6.07 Å². The summed E-state index contributed by atoms with van der Waals surface area (Å²) in [5.41, 5.74) is 5.36. The number of primary amides is 1. The van der Waals surface area contributed by atoms with Crippen LogP contribution in [0.25, 0.3) is 0 Å². The van der Waals surface area contributed by atoms with Gasteiger partial charge in [0, 0.05) is 45.3 Å². The molecule has 1 aromatic rings. The lowest BCUT2D eigenvalue weighted by Crippen LogP contribution is -2.61. The number of hydrogen-bond acceptors (Lipinski definition) is 6. The second-order valence-corrected chi connectivity index (χ2v) is 4.98. The summed E-state index contributed by atoms with van der Waals surface area (Å²) in [6, 6.07) is 4.14. The molecule has 3 heterocycles. The summed E-state index contributed by atoms with van der Waals surface area (Å²) in [4.78, 5) is 15.6. The number of carbonyl (C=O) groups excluding carboxylic acids is 1. The molecule has 0 atom stereocenters. The van der Waals surface area contributed by atoms with Crippen molar-refractivity contribution in [1.29, 1.82) is 0 Å². The second kappa shape index (κ2) is 5.10. The van der Waals surface area contributed by atoms with Crippen LogP contribution in [0.2, 0.25) is 0 Å². The predicted octanol–water partition coefficient (Wildman–Crippen LogP) is -1.33. The maximum Gasteiger partial charge on any atom is 0.269 e. The number of piperazine rings is 1. The van der Waals surface area contributed by atoms with E-state index < -0.39 is 5.91 Å². The van der Waals surface area contributed by atoms with Gasteiger partial charge in [-0.25, -0.2) is 0 Å². The molecule has 2 saturated heterocycles. The van der Waals surface area contributed by atoms with Crippen molar-refractivity contribution >= 4 is 11.7 Å². The molecular weight excluding hydrogens is 244 g/mol. The van der Waals surface area contributed by atoms with Gasteiger partial charge in [-0.05, 0) is 12.1 Å². The molecule has 0 radical (unpaired) electrons. The lowest BCUT2D eigenvalue weighted by Gasteiger charge is -2.43. The van der Waals surface area contributed by atoms with Crippen molar-refractivity contribution in [3.63, 3.8) is 0 Å². The largest absolute Gasteiger partial charge is 0.364 e. The molecule has 7 nitrogen and oxygen atoms in total. The van der Waals surface area contributed by atoms with E-state index in [4.69, 9.17) is 5.73 Å². The number of nitrogens with zero attached hydrogens (tertiary/aromatic N) is 4. The minimum Gasteiger partial charge on any atom is -0.364 e. The van der Waals surface area contributed by atoms with E-state index in [2.05, 4.69) is 25.3 Å². The highest BCUT2D eigenvalue weighted by atomic mass is 16.1.